The minimum atomic E-state index is -0.236. The van der Waals surface area contributed by atoms with Gasteiger partial charge in [0.05, 0.1) is 29.1 Å². The highest BCUT2D eigenvalue weighted by molar-refractivity contribution is 6.27. The molecule has 3 N–H and O–H groups in total. The Morgan fingerprint density at radius 3 is 2.25 bits per heavy atom. The Kier molecular flexibility index (Phi) is 6.36. The summed E-state index contributed by atoms with van der Waals surface area (Å²) in [5.74, 6) is 0.629. The van der Waals surface area contributed by atoms with Crippen molar-refractivity contribution >= 4 is 22.9 Å². The van der Waals surface area contributed by atoms with E-state index in [-0.39, 0.29) is 11.5 Å². The zero-order valence-electron chi connectivity index (χ0n) is 18.0. The van der Waals surface area contributed by atoms with Crippen LogP contribution in [0.5, 0.6) is 11.5 Å². The van der Waals surface area contributed by atoms with Crippen molar-refractivity contribution < 1.29 is 14.6 Å². The quantitative estimate of drug-likeness (QED) is 0.272. The van der Waals surface area contributed by atoms with Gasteiger partial charge in [-0.3, -0.25) is 4.79 Å². The number of anilines is 1. The fourth-order valence-corrected chi connectivity index (χ4v) is 3.70. The Bertz CT molecular complexity index is 1180. The number of nitrogens with zero attached hydrogens (tertiary/aromatic N) is 1. The van der Waals surface area contributed by atoms with Crippen molar-refractivity contribution in [2.75, 3.05) is 12.3 Å². The van der Waals surface area contributed by atoms with Crippen LogP contribution in [0.25, 0.3) is 11.1 Å². The second-order valence-corrected chi connectivity index (χ2v) is 7.75. The van der Waals surface area contributed by atoms with Gasteiger partial charge in [0.25, 0.3) is 0 Å². The number of aliphatic imine (C=N–C) groups is 1. The van der Waals surface area contributed by atoms with Crippen molar-refractivity contribution in [1.29, 1.82) is 0 Å². The number of carbonyl (C=O) groups is 1. The molecule has 4 rings (SSSR count). The van der Waals surface area contributed by atoms with E-state index in [1.807, 2.05) is 48.5 Å². The molecule has 0 aliphatic heterocycles. The Balaban J connectivity index is 1.53. The van der Waals surface area contributed by atoms with Crippen LogP contribution in [0, 0.1) is 0 Å². The summed E-state index contributed by atoms with van der Waals surface area (Å²) in [7, 11) is 0. The number of ether oxygens (including phenoxy) is 1. The zero-order valence-corrected chi connectivity index (χ0v) is 18.0. The molecule has 0 atom stereocenters. The summed E-state index contributed by atoms with van der Waals surface area (Å²) in [5.41, 5.74) is 10.3. The normalized spacial score (nSPS) is 13.9. The topological polar surface area (TPSA) is 84.9 Å². The van der Waals surface area contributed by atoms with E-state index in [0.717, 1.165) is 29.9 Å². The third kappa shape index (κ3) is 4.57. The number of nitrogens with two attached hydrogens (primary N) is 1. The van der Waals surface area contributed by atoms with Gasteiger partial charge in [0.2, 0.25) is 0 Å². The number of phenolic OH excluding ortho intramolecular Hbond substituents is 1. The summed E-state index contributed by atoms with van der Waals surface area (Å²) < 4.78 is 5.78. The molecular weight excluding hydrogens is 400 g/mol. The van der Waals surface area contributed by atoms with Crippen LogP contribution in [0.4, 0.5) is 11.4 Å². The maximum absolute atomic E-state index is 12.2. The lowest BCUT2D eigenvalue weighted by Gasteiger charge is -2.16. The standard InChI is InChI=1S/C27H26N2O3/c1-2-3-4-17-32-21-11-7-19(8-12-21)18-5-9-20(10-6-18)29-23-14-16-24(30)26-22(28)13-15-25(31)27(23)26/h5-16,31H,2-4,17,28H2,1H3. The Hall–Kier alpha value is -3.86. The summed E-state index contributed by atoms with van der Waals surface area (Å²) >= 11 is 0. The molecule has 5 nitrogen and oxygen atoms in total. The lowest BCUT2D eigenvalue weighted by Crippen LogP contribution is -2.15. The Morgan fingerprint density at radius 1 is 0.875 bits per heavy atom. The van der Waals surface area contributed by atoms with E-state index in [2.05, 4.69) is 11.9 Å². The number of unbranched alkanes of at least 4 members (excludes halogenated alkanes) is 2. The van der Waals surface area contributed by atoms with Crippen LogP contribution in [0.1, 0.15) is 42.1 Å². The monoisotopic (exact) mass is 426 g/mol. The molecule has 1 aliphatic rings. The largest absolute Gasteiger partial charge is 0.507 e. The maximum Gasteiger partial charge on any atom is 0.188 e. The summed E-state index contributed by atoms with van der Waals surface area (Å²) in [6.07, 6.45) is 6.47. The van der Waals surface area contributed by atoms with E-state index in [1.165, 1.54) is 31.1 Å². The smallest absolute Gasteiger partial charge is 0.188 e. The number of phenols is 1. The second kappa shape index (κ2) is 9.52. The van der Waals surface area contributed by atoms with Gasteiger partial charge >= 0.3 is 0 Å². The van der Waals surface area contributed by atoms with Crippen molar-refractivity contribution in [2.45, 2.75) is 26.2 Å². The predicted molar refractivity (Wildman–Crippen MR) is 129 cm³/mol. The molecular formula is C27H26N2O3. The minimum Gasteiger partial charge on any atom is -0.507 e. The van der Waals surface area contributed by atoms with Crippen molar-refractivity contribution in [1.82, 2.24) is 0 Å². The molecule has 5 heteroatoms. The minimum absolute atomic E-state index is 0.0146. The van der Waals surface area contributed by atoms with E-state index in [1.54, 1.807) is 6.08 Å². The van der Waals surface area contributed by atoms with Crippen LogP contribution in [-0.2, 0) is 0 Å². The second-order valence-electron chi connectivity index (χ2n) is 7.75. The Labute approximate surface area is 187 Å². The van der Waals surface area contributed by atoms with Gasteiger partial charge in [-0.25, -0.2) is 4.99 Å². The fourth-order valence-electron chi connectivity index (χ4n) is 3.70. The molecule has 3 aromatic rings. The van der Waals surface area contributed by atoms with Gasteiger partial charge < -0.3 is 15.6 Å². The van der Waals surface area contributed by atoms with Crippen LogP contribution >= 0.6 is 0 Å². The van der Waals surface area contributed by atoms with Gasteiger partial charge in [0.15, 0.2) is 5.78 Å². The lowest BCUT2D eigenvalue weighted by atomic mass is 9.92. The van der Waals surface area contributed by atoms with Crippen molar-refractivity contribution in [3.05, 3.63) is 83.9 Å². The number of benzene rings is 3. The zero-order chi connectivity index (χ0) is 22.5. The number of nitrogen functional groups attached to an aromatic ring is 1. The number of rotatable bonds is 7. The summed E-state index contributed by atoms with van der Waals surface area (Å²) in [5, 5.41) is 10.3. The van der Waals surface area contributed by atoms with Crippen LogP contribution in [-0.4, -0.2) is 23.2 Å². The van der Waals surface area contributed by atoms with Gasteiger partial charge in [-0.05, 0) is 66.1 Å². The number of hydrogen-bond acceptors (Lipinski definition) is 5. The number of hydrogen-bond donors (Lipinski definition) is 2. The average molecular weight is 427 g/mol. The van der Waals surface area contributed by atoms with E-state index in [0.29, 0.717) is 28.2 Å². The number of allylic oxidation sites excluding steroid dienone is 2. The average Bonchev–Trinajstić information content (AvgIpc) is 2.81. The molecule has 162 valence electrons. The van der Waals surface area contributed by atoms with E-state index in [9.17, 15) is 9.90 Å². The highest BCUT2D eigenvalue weighted by Crippen LogP contribution is 2.32. The lowest BCUT2D eigenvalue weighted by molar-refractivity contribution is 0.104. The maximum atomic E-state index is 12.2. The fraction of sp³-hybridized carbons (Fsp3) is 0.185. The molecule has 0 amide bonds. The van der Waals surface area contributed by atoms with Crippen LogP contribution in [0.15, 0.2) is 77.8 Å². The molecule has 0 heterocycles. The third-order valence-electron chi connectivity index (χ3n) is 5.43. The molecule has 0 unspecified atom stereocenters. The van der Waals surface area contributed by atoms with Crippen LogP contribution in [0.2, 0.25) is 0 Å². The molecule has 3 aromatic carbocycles. The first-order valence-electron chi connectivity index (χ1n) is 10.8. The SMILES string of the molecule is CCCCCOc1ccc(-c2ccc(N=C3C=CC(=O)c4c(N)ccc(O)c43)cc2)cc1. The first kappa shape index (κ1) is 21.4. The van der Waals surface area contributed by atoms with Gasteiger partial charge in [-0.2, -0.15) is 0 Å². The van der Waals surface area contributed by atoms with E-state index < -0.39 is 0 Å². The van der Waals surface area contributed by atoms with Crippen molar-refractivity contribution in [3.8, 4) is 22.6 Å². The van der Waals surface area contributed by atoms with E-state index >= 15 is 0 Å². The number of ketones is 1. The van der Waals surface area contributed by atoms with Crippen LogP contribution in [0.3, 0.4) is 0 Å². The van der Waals surface area contributed by atoms with Crippen LogP contribution < -0.4 is 10.5 Å². The molecule has 0 aromatic heterocycles. The van der Waals surface area contributed by atoms with Gasteiger partial charge in [0.1, 0.15) is 11.5 Å². The van der Waals surface area contributed by atoms with Gasteiger partial charge in [-0.15, -0.1) is 0 Å². The molecule has 1 aliphatic carbocycles. The highest BCUT2D eigenvalue weighted by Gasteiger charge is 2.23. The summed E-state index contributed by atoms with van der Waals surface area (Å²) in [4.78, 5) is 16.9. The number of fused-ring (bicyclic) bond motifs is 1. The molecule has 0 saturated carbocycles. The first-order chi connectivity index (χ1) is 15.6. The van der Waals surface area contributed by atoms with Gasteiger partial charge in [-0.1, -0.05) is 44.0 Å². The van der Waals surface area contributed by atoms with Crippen molar-refractivity contribution in [3.63, 3.8) is 0 Å². The molecule has 0 bridgehead atoms. The molecule has 0 radical (unpaired) electrons. The van der Waals surface area contributed by atoms with E-state index in [4.69, 9.17) is 10.5 Å². The summed E-state index contributed by atoms with van der Waals surface area (Å²) in [6.45, 7) is 2.92. The Morgan fingerprint density at radius 2 is 1.56 bits per heavy atom. The van der Waals surface area contributed by atoms with Crippen molar-refractivity contribution in [2.24, 2.45) is 4.99 Å². The predicted octanol–water partition coefficient (Wildman–Crippen LogP) is 6.08. The van der Waals surface area contributed by atoms with Gasteiger partial charge in [0, 0.05) is 5.69 Å². The third-order valence-corrected chi connectivity index (χ3v) is 5.43. The molecule has 0 fully saturated rings. The molecule has 0 spiro atoms. The number of aromatic hydroxyl groups is 1. The highest BCUT2D eigenvalue weighted by atomic mass is 16.5. The first-order valence-corrected chi connectivity index (χ1v) is 10.8. The summed E-state index contributed by atoms with van der Waals surface area (Å²) in [6, 6.07) is 18.9. The molecule has 32 heavy (non-hydrogen) atoms. The molecule has 0 saturated heterocycles. The number of carbonyl (C=O) groups excluding carboxylic acids is 1.